The van der Waals surface area contributed by atoms with Crippen LogP contribution in [0.25, 0.3) is 0 Å². The lowest BCUT2D eigenvalue weighted by Crippen LogP contribution is -1.97. The van der Waals surface area contributed by atoms with Crippen molar-refractivity contribution in [3.05, 3.63) is 16.8 Å². The highest BCUT2D eigenvalue weighted by atomic mass is 35.5. The van der Waals surface area contributed by atoms with Crippen molar-refractivity contribution in [2.75, 3.05) is 12.4 Å². The maximum atomic E-state index is 8.56. The van der Waals surface area contributed by atoms with Crippen LogP contribution >= 0.6 is 11.6 Å². The average Bonchev–Trinajstić information content (AvgIpc) is 2.04. The maximum absolute atomic E-state index is 8.56. The van der Waals surface area contributed by atoms with Crippen molar-refractivity contribution >= 4 is 17.4 Å². The van der Waals surface area contributed by atoms with Gasteiger partial charge in [0, 0.05) is 7.05 Å². The van der Waals surface area contributed by atoms with Crippen molar-refractivity contribution in [2.24, 2.45) is 0 Å². The Labute approximate surface area is 68.8 Å². The molecule has 1 N–H and O–H groups in total. The van der Waals surface area contributed by atoms with Crippen LogP contribution in [0.15, 0.2) is 6.07 Å². The zero-order chi connectivity index (χ0) is 8.27. The van der Waals surface area contributed by atoms with Gasteiger partial charge >= 0.3 is 0 Å². The summed E-state index contributed by atoms with van der Waals surface area (Å²) < 4.78 is 0. The Balaban J connectivity index is 3.19. The minimum atomic E-state index is 0.223. The van der Waals surface area contributed by atoms with E-state index in [1.54, 1.807) is 7.05 Å². The van der Waals surface area contributed by atoms with E-state index in [-0.39, 0.29) is 5.15 Å². The second-order valence-corrected chi connectivity index (χ2v) is 2.18. The molecule has 0 aliphatic heterocycles. The van der Waals surface area contributed by atoms with E-state index in [1.165, 1.54) is 6.07 Å². The molecule has 11 heavy (non-hydrogen) atoms. The fraction of sp³-hybridized carbons (Fsp3) is 0.167. The predicted molar refractivity (Wildman–Crippen MR) is 41.3 cm³/mol. The summed E-state index contributed by atoms with van der Waals surface area (Å²) in [5.74, 6) is 0.442. The van der Waals surface area contributed by atoms with Crippen molar-refractivity contribution in [3.8, 4) is 6.07 Å². The summed E-state index contributed by atoms with van der Waals surface area (Å²) >= 11 is 5.50. The number of nitrogens with zero attached hydrogens (tertiary/aromatic N) is 3. The largest absolute Gasteiger partial charge is 0.371 e. The van der Waals surface area contributed by atoms with Gasteiger partial charge in [-0.3, -0.25) is 0 Å². The van der Waals surface area contributed by atoms with Crippen LogP contribution in [0.3, 0.4) is 0 Å². The van der Waals surface area contributed by atoms with Crippen LogP contribution in [0.2, 0.25) is 5.15 Å². The van der Waals surface area contributed by atoms with Gasteiger partial charge in [-0.05, 0) is 6.07 Å². The standard InChI is InChI=1S/C6H5ClN4/c1-9-6-4(3-8)2-5(7)10-11-6/h2H,1H3,(H,9,11). The van der Waals surface area contributed by atoms with Crippen LogP contribution in [-0.2, 0) is 0 Å². The van der Waals surface area contributed by atoms with E-state index in [1.807, 2.05) is 6.07 Å². The van der Waals surface area contributed by atoms with Gasteiger partial charge in [0.25, 0.3) is 0 Å². The molecule has 0 spiro atoms. The molecule has 0 amide bonds. The third kappa shape index (κ3) is 1.57. The van der Waals surface area contributed by atoms with Crippen molar-refractivity contribution in [3.63, 3.8) is 0 Å². The fourth-order valence-corrected chi connectivity index (χ4v) is 0.785. The number of halogens is 1. The lowest BCUT2D eigenvalue weighted by atomic mass is 10.3. The summed E-state index contributed by atoms with van der Waals surface area (Å²) in [5.41, 5.74) is 0.396. The minimum Gasteiger partial charge on any atom is -0.371 e. The van der Waals surface area contributed by atoms with Crippen LogP contribution in [-0.4, -0.2) is 17.2 Å². The summed E-state index contributed by atoms with van der Waals surface area (Å²) in [6, 6.07) is 3.40. The second-order valence-electron chi connectivity index (χ2n) is 1.79. The quantitative estimate of drug-likeness (QED) is 0.681. The van der Waals surface area contributed by atoms with Crippen LogP contribution in [0.5, 0.6) is 0 Å². The zero-order valence-electron chi connectivity index (χ0n) is 5.80. The highest BCUT2D eigenvalue weighted by Gasteiger charge is 2.02. The molecule has 0 fully saturated rings. The smallest absolute Gasteiger partial charge is 0.166 e. The maximum Gasteiger partial charge on any atom is 0.166 e. The topological polar surface area (TPSA) is 61.6 Å². The van der Waals surface area contributed by atoms with E-state index in [9.17, 15) is 0 Å². The first kappa shape index (κ1) is 7.76. The molecule has 0 saturated heterocycles. The van der Waals surface area contributed by atoms with Crippen LogP contribution in [0.1, 0.15) is 5.56 Å². The SMILES string of the molecule is CNc1nnc(Cl)cc1C#N. The number of anilines is 1. The number of aromatic nitrogens is 2. The first-order chi connectivity index (χ1) is 5.27. The van der Waals surface area contributed by atoms with Crippen LogP contribution < -0.4 is 5.32 Å². The second kappa shape index (κ2) is 3.17. The Morgan fingerprint density at radius 1 is 1.64 bits per heavy atom. The zero-order valence-corrected chi connectivity index (χ0v) is 6.55. The minimum absolute atomic E-state index is 0.223. The van der Waals surface area contributed by atoms with E-state index in [4.69, 9.17) is 16.9 Å². The molecule has 1 aromatic rings. The Bertz CT molecular complexity index is 304. The molecular formula is C6H5ClN4. The van der Waals surface area contributed by atoms with E-state index in [0.29, 0.717) is 11.4 Å². The van der Waals surface area contributed by atoms with Gasteiger partial charge in [-0.2, -0.15) is 5.26 Å². The molecule has 0 atom stereocenters. The molecule has 5 heteroatoms. The molecule has 0 aromatic carbocycles. The number of rotatable bonds is 1. The van der Waals surface area contributed by atoms with Gasteiger partial charge < -0.3 is 5.32 Å². The molecule has 4 nitrogen and oxygen atoms in total. The van der Waals surface area contributed by atoms with Crippen molar-refractivity contribution in [1.82, 2.24) is 10.2 Å². The van der Waals surface area contributed by atoms with Gasteiger partial charge in [0.1, 0.15) is 6.07 Å². The Kier molecular flexibility index (Phi) is 2.24. The van der Waals surface area contributed by atoms with Gasteiger partial charge in [-0.1, -0.05) is 11.6 Å². The third-order valence-electron chi connectivity index (χ3n) is 1.12. The molecule has 1 rings (SSSR count). The van der Waals surface area contributed by atoms with Crippen molar-refractivity contribution in [2.45, 2.75) is 0 Å². The molecule has 0 saturated carbocycles. The normalized spacial score (nSPS) is 8.82. The van der Waals surface area contributed by atoms with Crippen molar-refractivity contribution in [1.29, 1.82) is 5.26 Å². The highest BCUT2D eigenvalue weighted by molar-refractivity contribution is 6.29. The Morgan fingerprint density at radius 2 is 2.36 bits per heavy atom. The van der Waals surface area contributed by atoms with E-state index >= 15 is 0 Å². The highest BCUT2D eigenvalue weighted by Crippen LogP contribution is 2.12. The first-order valence-electron chi connectivity index (χ1n) is 2.89. The van der Waals surface area contributed by atoms with Crippen LogP contribution in [0, 0.1) is 11.3 Å². The lowest BCUT2D eigenvalue weighted by Gasteiger charge is -1.98. The molecule has 0 aliphatic rings. The number of hydrogen-bond donors (Lipinski definition) is 1. The van der Waals surface area contributed by atoms with Gasteiger partial charge in [0.15, 0.2) is 11.0 Å². The number of hydrogen-bond acceptors (Lipinski definition) is 4. The summed E-state index contributed by atoms with van der Waals surface area (Å²) in [5, 5.41) is 18.7. The van der Waals surface area contributed by atoms with E-state index in [2.05, 4.69) is 15.5 Å². The van der Waals surface area contributed by atoms with E-state index < -0.39 is 0 Å². The Hall–Kier alpha value is -1.34. The average molecular weight is 169 g/mol. The summed E-state index contributed by atoms with van der Waals surface area (Å²) in [7, 11) is 1.67. The van der Waals surface area contributed by atoms with Gasteiger partial charge in [-0.15, -0.1) is 10.2 Å². The summed E-state index contributed by atoms with van der Waals surface area (Å²) in [6.45, 7) is 0. The lowest BCUT2D eigenvalue weighted by molar-refractivity contribution is 1.02. The number of nitrogens with one attached hydrogen (secondary N) is 1. The first-order valence-corrected chi connectivity index (χ1v) is 3.27. The number of nitriles is 1. The van der Waals surface area contributed by atoms with Crippen LogP contribution in [0.4, 0.5) is 5.82 Å². The van der Waals surface area contributed by atoms with E-state index in [0.717, 1.165) is 0 Å². The molecular weight excluding hydrogens is 164 g/mol. The predicted octanol–water partition coefficient (Wildman–Crippen LogP) is 1.04. The molecule has 0 unspecified atom stereocenters. The molecule has 0 radical (unpaired) electrons. The van der Waals surface area contributed by atoms with Gasteiger partial charge in [0.05, 0.1) is 5.56 Å². The monoisotopic (exact) mass is 168 g/mol. The van der Waals surface area contributed by atoms with Gasteiger partial charge in [0.2, 0.25) is 0 Å². The summed E-state index contributed by atoms with van der Waals surface area (Å²) in [6.07, 6.45) is 0. The van der Waals surface area contributed by atoms with Crippen molar-refractivity contribution < 1.29 is 0 Å². The molecule has 0 bridgehead atoms. The molecule has 1 aromatic heterocycles. The van der Waals surface area contributed by atoms with Gasteiger partial charge in [-0.25, -0.2) is 0 Å². The fourth-order valence-electron chi connectivity index (χ4n) is 0.638. The summed E-state index contributed by atoms with van der Waals surface area (Å²) in [4.78, 5) is 0. The molecule has 0 aliphatic carbocycles. The third-order valence-corrected chi connectivity index (χ3v) is 1.31. The molecule has 1 heterocycles. The molecule has 56 valence electrons. The Morgan fingerprint density at radius 3 is 2.91 bits per heavy atom.